The van der Waals surface area contributed by atoms with E-state index in [0.29, 0.717) is 12.0 Å². The minimum absolute atomic E-state index is 0.00171. The standard InChI is InChI=1S/C11H25NO/c1-6-10(12)9(2)7-8-11(3,4)13-5/h9-10H,6-8,12H2,1-5H3. The van der Waals surface area contributed by atoms with Gasteiger partial charge in [-0.2, -0.15) is 0 Å². The monoisotopic (exact) mass is 187 g/mol. The summed E-state index contributed by atoms with van der Waals surface area (Å²) < 4.78 is 5.36. The molecule has 2 unspecified atom stereocenters. The molecule has 0 saturated carbocycles. The lowest BCUT2D eigenvalue weighted by Gasteiger charge is -2.26. The lowest BCUT2D eigenvalue weighted by Crippen LogP contribution is -2.30. The molecule has 80 valence electrons. The van der Waals surface area contributed by atoms with Gasteiger partial charge in [0.05, 0.1) is 5.60 Å². The first-order valence-corrected chi connectivity index (χ1v) is 5.23. The molecule has 0 rings (SSSR count). The number of hydrogen-bond donors (Lipinski definition) is 1. The predicted molar refractivity (Wildman–Crippen MR) is 57.8 cm³/mol. The zero-order valence-electron chi connectivity index (χ0n) is 9.76. The summed E-state index contributed by atoms with van der Waals surface area (Å²) in [7, 11) is 1.77. The lowest BCUT2D eigenvalue weighted by molar-refractivity contribution is 0.0101. The zero-order chi connectivity index (χ0) is 10.5. The van der Waals surface area contributed by atoms with Crippen LogP contribution in [0, 0.1) is 5.92 Å². The fourth-order valence-corrected chi connectivity index (χ4v) is 1.29. The van der Waals surface area contributed by atoms with Crippen LogP contribution in [0.3, 0.4) is 0 Å². The van der Waals surface area contributed by atoms with Crippen LogP contribution in [0.4, 0.5) is 0 Å². The number of nitrogens with two attached hydrogens (primary N) is 1. The second-order valence-electron chi connectivity index (χ2n) is 4.55. The highest BCUT2D eigenvalue weighted by Crippen LogP contribution is 2.21. The van der Waals surface area contributed by atoms with E-state index in [9.17, 15) is 0 Å². The maximum atomic E-state index is 5.95. The van der Waals surface area contributed by atoms with Crippen LogP contribution in [0.15, 0.2) is 0 Å². The van der Waals surface area contributed by atoms with Crippen LogP contribution in [0.25, 0.3) is 0 Å². The Morgan fingerprint density at radius 1 is 1.38 bits per heavy atom. The van der Waals surface area contributed by atoms with Crippen molar-refractivity contribution in [1.29, 1.82) is 0 Å². The molecule has 2 atom stereocenters. The maximum absolute atomic E-state index is 5.95. The van der Waals surface area contributed by atoms with Crippen LogP contribution in [-0.2, 0) is 4.74 Å². The summed E-state index contributed by atoms with van der Waals surface area (Å²) in [4.78, 5) is 0. The molecule has 0 amide bonds. The summed E-state index contributed by atoms with van der Waals surface area (Å²) in [6.45, 7) is 8.61. The van der Waals surface area contributed by atoms with Crippen LogP contribution >= 0.6 is 0 Å². The molecule has 13 heavy (non-hydrogen) atoms. The van der Waals surface area contributed by atoms with Gasteiger partial charge in [0.2, 0.25) is 0 Å². The Hall–Kier alpha value is -0.0800. The van der Waals surface area contributed by atoms with Crippen molar-refractivity contribution in [2.75, 3.05) is 7.11 Å². The fraction of sp³-hybridized carbons (Fsp3) is 1.00. The number of ether oxygens (including phenoxy) is 1. The van der Waals surface area contributed by atoms with Gasteiger partial charge in [-0.3, -0.25) is 0 Å². The molecule has 0 spiro atoms. The molecular formula is C11H25NO. The van der Waals surface area contributed by atoms with Gasteiger partial charge in [-0.15, -0.1) is 0 Å². The summed E-state index contributed by atoms with van der Waals surface area (Å²) in [5, 5.41) is 0. The van der Waals surface area contributed by atoms with Gasteiger partial charge in [-0.1, -0.05) is 13.8 Å². The molecular weight excluding hydrogens is 162 g/mol. The molecule has 0 aromatic carbocycles. The molecule has 2 heteroatoms. The molecule has 2 N–H and O–H groups in total. The smallest absolute Gasteiger partial charge is 0.0622 e. The normalized spacial score (nSPS) is 17.1. The van der Waals surface area contributed by atoms with Crippen LogP contribution in [0.1, 0.15) is 47.0 Å². The first-order valence-electron chi connectivity index (χ1n) is 5.23. The fourth-order valence-electron chi connectivity index (χ4n) is 1.29. The summed E-state index contributed by atoms with van der Waals surface area (Å²) in [5.41, 5.74) is 5.95. The Morgan fingerprint density at radius 2 is 1.92 bits per heavy atom. The SMILES string of the molecule is CCC(N)C(C)CCC(C)(C)OC. The van der Waals surface area contributed by atoms with Crippen molar-refractivity contribution < 1.29 is 4.74 Å². The minimum atomic E-state index is 0.00171. The molecule has 0 saturated heterocycles. The third-order valence-corrected chi connectivity index (χ3v) is 2.96. The van der Waals surface area contributed by atoms with E-state index < -0.39 is 0 Å². The third-order valence-electron chi connectivity index (χ3n) is 2.96. The summed E-state index contributed by atoms with van der Waals surface area (Å²) >= 11 is 0. The second-order valence-corrected chi connectivity index (χ2v) is 4.55. The Morgan fingerprint density at radius 3 is 2.31 bits per heavy atom. The van der Waals surface area contributed by atoms with Gasteiger partial charge < -0.3 is 10.5 Å². The van der Waals surface area contributed by atoms with Gasteiger partial charge in [-0.05, 0) is 39.0 Å². The van der Waals surface area contributed by atoms with Crippen LogP contribution in [-0.4, -0.2) is 18.8 Å². The number of rotatable bonds is 6. The van der Waals surface area contributed by atoms with Gasteiger partial charge in [-0.25, -0.2) is 0 Å². The summed E-state index contributed by atoms with van der Waals surface area (Å²) in [5.74, 6) is 0.597. The molecule has 0 aliphatic heterocycles. The number of methoxy groups -OCH3 is 1. The van der Waals surface area contributed by atoms with Gasteiger partial charge in [0.25, 0.3) is 0 Å². The van der Waals surface area contributed by atoms with Crippen molar-refractivity contribution in [3.05, 3.63) is 0 Å². The van der Waals surface area contributed by atoms with Gasteiger partial charge >= 0.3 is 0 Å². The third kappa shape index (κ3) is 5.27. The second kappa shape index (κ2) is 5.61. The molecule has 0 aliphatic rings. The highest BCUT2D eigenvalue weighted by molar-refractivity contribution is 4.73. The maximum Gasteiger partial charge on any atom is 0.0622 e. The van der Waals surface area contributed by atoms with E-state index in [-0.39, 0.29) is 5.60 Å². The Bertz CT molecular complexity index is 134. The van der Waals surface area contributed by atoms with Crippen molar-refractivity contribution in [2.24, 2.45) is 11.7 Å². The van der Waals surface area contributed by atoms with E-state index in [1.807, 2.05) is 0 Å². The minimum Gasteiger partial charge on any atom is -0.379 e. The van der Waals surface area contributed by atoms with Crippen LogP contribution < -0.4 is 5.73 Å². The molecule has 0 radical (unpaired) electrons. The zero-order valence-corrected chi connectivity index (χ0v) is 9.76. The summed E-state index contributed by atoms with van der Waals surface area (Å²) in [6.07, 6.45) is 3.29. The van der Waals surface area contributed by atoms with Crippen molar-refractivity contribution in [2.45, 2.75) is 58.6 Å². The van der Waals surface area contributed by atoms with E-state index in [0.717, 1.165) is 19.3 Å². The summed E-state index contributed by atoms with van der Waals surface area (Å²) in [6, 6.07) is 0.340. The van der Waals surface area contributed by atoms with E-state index in [4.69, 9.17) is 10.5 Å². The Balaban J connectivity index is 3.75. The first kappa shape index (κ1) is 12.9. The average molecular weight is 187 g/mol. The van der Waals surface area contributed by atoms with E-state index in [1.165, 1.54) is 0 Å². The van der Waals surface area contributed by atoms with E-state index in [2.05, 4.69) is 27.7 Å². The highest BCUT2D eigenvalue weighted by Gasteiger charge is 2.19. The van der Waals surface area contributed by atoms with Gasteiger partial charge in [0.15, 0.2) is 0 Å². The van der Waals surface area contributed by atoms with Crippen molar-refractivity contribution in [3.8, 4) is 0 Å². The molecule has 0 heterocycles. The van der Waals surface area contributed by atoms with Crippen LogP contribution in [0.2, 0.25) is 0 Å². The number of hydrogen-bond acceptors (Lipinski definition) is 2. The molecule has 0 bridgehead atoms. The van der Waals surface area contributed by atoms with Crippen molar-refractivity contribution in [3.63, 3.8) is 0 Å². The largest absolute Gasteiger partial charge is 0.379 e. The first-order chi connectivity index (χ1) is 5.93. The molecule has 0 aliphatic carbocycles. The lowest BCUT2D eigenvalue weighted by atomic mass is 9.90. The molecule has 0 aromatic heterocycles. The van der Waals surface area contributed by atoms with Gasteiger partial charge in [0, 0.05) is 13.2 Å². The predicted octanol–water partition coefficient (Wildman–Crippen LogP) is 2.57. The van der Waals surface area contributed by atoms with Crippen LogP contribution in [0.5, 0.6) is 0 Å². The molecule has 2 nitrogen and oxygen atoms in total. The van der Waals surface area contributed by atoms with E-state index in [1.54, 1.807) is 7.11 Å². The van der Waals surface area contributed by atoms with Gasteiger partial charge in [0.1, 0.15) is 0 Å². The Labute approximate surface area is 82.8 Å². The van der Waals surface area contributed by atoms with E-state index >= 15 is 0 Å². The van der Waals surface area contributed by atoms with Crippen molar-refractivity contribution >= 4 is 0 Å². The highest BCUT2D eigenvalue weighted by atomic mass is 16.5. The Kier molecular flexibility index (Phi) is 5.57. The average Bonchev–Trinajstić information content (AvgIpc) is 2.13. The molecule has 0 aromatic rings. The molecule has 0 fully saturated rings. The topological polar surface area (TPSA) is 35.2 Å². The quantitative estimate of drug-likeness (QED) is 0.693. The van der Waals surface area contributed by atoms with Crippen molar-refractivity contribution in [1.82, 2.24) is 0 Å².